The van der Waals surface area contributed by atoms with Crippen LogP contribution in [0.15, 0.2) is 18.2 Å². The highest BCUT2D eigenvalue weighted by Crippen LogP contribution is 2.31. The van der Waals surface area contributed by atoms with Crippen molar-refractivity contribution in [1.29, 1.82) is 0 Å². The number of ether oxygens (including phenoxy) is 3. The van der Waals surface area contributed by atoms with Crippen LogP contribution in [0.1, 0.15) is 12.0 Å². The molecule has 0 aliphatic carbocycles. The van der Waals surface area contributed by atoms with E-state index in [4.69, 9.17) is 14.2 Å². The van der Waals surface area contributed by atoms with Crippen LogP contribution in [-0.2, 0) is 11.3 Å². The number of methoxy groups -OCH3 is 2. The average molecular weight is 299 g/mol. The van der Waals surface area contributed by atoms with E-state index in [0.29, 0.717) is 13.2 Å². The van der Waals surface area contributed by atoms with E-state index in [-0.39, 0.29) is 0 Å². The van der Waals surface area contributed by atoms with E-state index in [2.05, 4.69) is 17.6 Å². The minimum Gasteiger partial charge on any atom is -0.493 e. The van der Waals surface area contributed by atoms with Crippen LogP contribution in [0.25, 0.3) is 0 Å². The summed E-state index contributed by atoms with van der Waals surface area (Å²) >= 11 is 1.83. The largest absolute Gasteiger partial charge is 0.493 e. The summed E-state index contributed by atoms with van der Waals surface area (Å²) in [6, 6.07) is 5.98. The lowest BCUT2D eigenvalue weighted by atomic mass is 10.2. The van der Waals surface area contributed by atoms with Crippen molar-refractivity contribution >= 4 is 11.8 Å². The Labute approximate surface area is 126 Å². The zero-order valence-corrected chi connectivity index (χ0v) is 13.4. The van der Waals surface area contributed by atoms with Gasteiger partial charge in [0, 0.05) is 25.8 Å². The quantitative estimate of drug-likeness (QED) is 0.636. The highest BCUT2D eigenvalue weighted by molar-refractivity contribution is 7.98. The third kappa shape index (κ3) is 6.03. The van der Waals surface area contributed by atoms with Crippen molar-refractivity contribution < 1.29 is 14.2 Å². The van der Waals surface area contributed by atoms with E-state index in [0.717, 1.165) is 42.3 Å². The zero-order valence-electron chi connectivity index (χ0n) is 12.6. The summed E-state index contributed by atoms with van der Waals surface area (Å²) in [6.07, 6.45) is 3.14. The van der Waals surface area contributed by atoms with Gasteiger partial charge in [0.25, 0.3) is 0 Å². The Morgan fingerprint density at radius 2 is 2.05 bits per heavy atom. The molecule has 0 aliphatic rings. The monoisotopic (exact) mass is 299 g/mol. The smallest absolute Gasteiger partial charge is 0.165 e. The molecule has 0 spiro atoms. The molecule has 5 heteroatoms. The van der Waals surface area contributed by atoms with Crippen LogP contribution in [-0.4, -0.2) is 46.0 Å². The number of nitrogens with one attached hydrogen (secondary N) is 1. The van der Waals surface area contributed by atoms with Crippen molar-refractivity contribution in [3.8, 4) is 11.5 Å². The highest BCUT2D eigenvalue weighted by atomic mass is 32.2. The van der Waals surface area contributed by atoms with E-state index in [1.807, 2.05) is 23.9 Å². The van der Waals surface area contributed by atoms with E-state index >= 15 is 0 Å². The van der Waals surface area contributed by atoms with Crippen molar-refractivity contribution in [1.82, 2.24) is 5.32 Å². The lowest BCUT2D eigenvalue weighted by Gasteiger charge is -2.15. The molecule has 1 aromatic carbocycles. The van der Waals surface area contributed by atoms with Crippen molar-refractivity contribution in [2.75, 3.05) is 46.0 Å². The van der Waals surface area contributed by atoms with E-state index in [1.165, 1.54) is 0 Å². The van der Waals surface area contributed by atoms with Gasteiger partial charge < -0.3 is 19.5 Å². The Morgan fingerprint density at radius 1 is 1.20 bits per heavy atom. The third-order valence-electron chi connectivity index (χ3n) is 2.82. The maximum Gasteiger partial charge on any atom is 0.165 e. The van der Waals surface area contributed by atoms with Gasteiger partial charge in [0.2, 0.25) is 0 Å². The molecule has 0 bridgehead atoms. The number of para-hydroxylation sites is 1. The van der Waals surface area contributed by atoms with Gasteiger partial charge in [-0.25, -0.2) is 0 Å². The Balaban J connectivity index is 2.61. The molecule has 0 saturated carbocycles. The van der Waals surface area contributed by atoms with Crippen molar-refractivity contribution in [3.05, 3.63) is 23.8 Å². The fourth-order valence-electron chi connectivity index (χ4n) is 1.80. The van der Waals surface area contributed by atoms with Crippen LogP contribution in [0.4, 0.5) is 0 Å². The first kappa shape index (κ1) is 17.1. The standard InChI is InChI=1S/C15H25NO3S/c1-17-10-8-16-12-13-6-4-7-14(18-2)15(13)19-9-5-11-20-3/h4,6-7,16H,5,8-12H2,1-3H3. The number of hydrogen-bond acceptors (Lipinski definition) is 5. The Hall–Kier alpha value is -0.910. The van der Waals surface area contributed by atoms with Crippen LogP contribution in [0, 0.1) is 0 Å². The molecule has 0 fully saturated rings. The van der Waals surface area contributed by atoms with Gasteiger partial charge in [-0.05, 0) is 24.5 Å². The predicted molar refractivity (Wildman–Crippen MR) is 85.1 cm³/mol. The Morgan fingerprint density at radius 3 is 2.75 bits per heavy atom. The van der Waals surface area contributed by atoms with Gasteiger partial charge in [-0.1, -0.05) is 12.1 Å². The maximum atomic E-state index is 5.91. The second kappa shape index (κ2) is 10.8. The second-order valence-corrected chi connectivity index (χ2v) is 5.30. The molecule has 114 valence electrons. The fourth-order valence-corrected chi connectivity index (χ4v) is 2.21. The molecule has 1 rings (SSSR count). The van der Waals surface area contributed by atoms with Gasteiger partial charge in [-0.15, -0.1) is 0 Å². The summed E-state index contributed by atoms with van der Waals surface area (Å²) in [5.41, 5.74) is 1.12. The van der Waals surface area contributed by atoms with Gasteiger partial charge in [-0.2, -0.15) is 11.8 Å². The number of thioether (sulfide) groups is 1. The topological polar surface area (TPSA) is 39.7 Å². The van der Waals surface area contributed by atoms with Crippen LogP contribution in [0.5, 0.6) is 11.5 Å². The molecule has 0 heterocycles. The minimum atomic E-state index is 0.702. The predicted octanol–water partition coefficient (Wildman–Crippen LogP) is 2.56. The first-order chi connectivity index (χ1) is 9.83. The van der Waals surface area contributed by atoms with Gasteiger partial charge in [-0.3, -0.25) is 0 Å². The van der Waals surface area contributed by atoms with Crippen molar-refractivity contribution in [3.63, 3.8) is 0 Å². The summed E-state index contributed by atoms with van der Waals surface area (Å²) in [5.74, 6) is 2.75. The summed E-state index contributed by atoms with van der Waals surface area (Å²) in [4.78, 5) is 0. The van der Waals surface area contributed by atoms with Crippen LogP contribution >= 0.6 is 11.8 Å². The highest BCUT2D eigenvalue weighted by Gasteiger charge is 2.10. The third-order valence-corrected chi connectivity index (χ3v) is 3.51. The lowest BCUT2D eigenvalue weighted by molar-refractivity contribution is 0.199. The number of benzene rings is 1. The first-order valence-corrected chi connectivity index (χ1v) is 8.20. The molecule has 0 aromatic heterocycles. The first-order valence-electron chi connectivity index (χ1n) is 6.80. The average Bonchev–Trinajstić information content (AvgIpc) is 2.48. The SMILES string of the molecule is COCCNCc1cccc(OC)c1OCCCSC. The molecular formula is C15H25NO3S. The van der Waals surface area contributed by atoms with Gasteiger partial charge >= 0.3 is 0 Å². The minimum absolute atomic E-state index is 0.702. The fraction of sp³-hybridized carbons (Fsp3) is 0.600. The number of hydrogen-bond donors (Lipinski definition) is 1. The number of rotatable bonds is 11. The molecule has 0 unspecified atom stereocenters. The lowest BCUT2D eigenvalue weighted by Crippen LogP contribution is -2.19. The van der Waals surface area contributed by atoms with Crippen molar-refractivity contribution in [2.45, 2.75) is 13.0 Å². The van der Waals surface area contributed by atoms with Gasteiger partial charge in [0.1, 0.15) is 0 Å². The summed E-state index contributed by atoms with van der Waals surface area (Å²) < 4.78 is 16.3. The second-order valence-electron chi connectivity index (χ2n) is 4.31. The van der Waals surface area contributed by atoms with Crippen LogP contribution in [0.3, 0.4) is 0 Å². The van der Waals surface area contributed by atoms with E-state index < -0.39 is 0 Å². The van der Waals surface area contributed by atoms with Gasteiger partial charge in [0.15, 0.2) is 11.5 Å². The molecule has 0 amide bonds. The Bertz CT molecular complexity index is 374. The molecule has 1 N–H and O–H groups in total. The molecule has 4 nitrogen and oxygen atoms in total. The summed E-state index contributed by atoms with van der Waals surface area (Å²) in [7, 11) is 3.37. The Kier molecular flexibility index (Phi) is 9.28. The normalized spacial score (nSPS) is 10.6. The zero-order chi connectivity index (χ0) is 14.6. The molecule has 0 atom stereocenters. The molecule has 0 aliphatic heterocycles. The van der Waals surface area contributed by atoms with E-state index in [1.54, 1.807) is 14.2 Å². The molecule has 0 radical (unpaired) electrons. The van der Waals surface area contributed by atoms with Crippen LogP contribution < -0.4 is 14.8 Å². The van der Waals surface area contributed by atoms with E-state index in [9.17, 15) is 0 Å². The molecular weight excluding hydrogens is 274 g/mol. The molecule has 1 aromatic rings. The van der Waals surface area contributed by atoms with Gasteiger partial charge in [0.05, 0.1) is 20.3 Å². The molecule has 20 heavy (non-hydrogen) atoms. The summed E-state index contributed by atoms with van der Waals surface area (Å²) in [6.45, 7) is 2.98. The van der Waals surface area contributed by atoms with Crippen LogP contribution in [0.2, 0.25) is 0 Å². The molecule has 0 saturated heterocycles. The summed E-state index contributed by atoms with van der Waals surface area (Å²) in [5, 5.41) is 3.33. The van der Waals surface area contributed by atoms with Crippen molar-refractivity contribution in [2.24, 2.45) is 0 Å². The maximum absolute atomic E-state index is 5.91.